The number of carbonyl (C=O) groups is 2. The molecule has 102 valence electrons. The van der Waals surface area contributed by atoms with Crippen molar-refractivity contribution in [2.75, 3.05) is 5.32 Å². The SMILES string of the molecule is CC(=O)CC(=O)Nc1cc(-c2ccncc2)c[nH]c1=O. The van der Waals surface area contributed by atoms with Gasteiger partial charge in [0.1, 0.15) is 11.5 Å². The lowest BCUT2D eigenvalue weighted by Crippen LogP contribution is -2.21. The summed E-state index contributed by atoms with van der Waals surface area (Å²) in [6, 6.07) is 5.13. The highest BCUT2D eigenvalue weighted by molar-refractivity contribution is 6.03. The third kappa shape index (κ3) is 3.38. The Kier molecular flexibility index (Phi) is 4.05. The quantitative estimate of drug-likeness (QED) is 0.821. The van der Waals surface area contributed by atoms with Crippen LogP contribution in [0.4, 0.5) is 5.69 Å². The third-order valence-corrected chi connectivity index (χ3v) is 2.60. The standard InChI is InChI=1S/C14H13N3O3/c1-9(18)6-13(19)17-12-7-11(8-16-14(12)20)10-2-4-15-5-3-10/h2-5,7-8H,6H2,1H3,(H,16,20)(H,17,19). The van der Waals surface area contributed by atoms with Gasteiger partial charge in [0, 0.05) is 24.2 Å². The fraction of sp³-hybridized carbons (Fsp3) is 0.143. The van der Waals surface area contributed by atoms with E-state index in [4.69, 9.17) is 0 Å². The number of carbonyl (C=O) groups excluding carboxylic acids is 2. The predicted molar refractivity (Wildman–Crippen MR) is 74.2 cm³/mol. The summed E-state index contributed by atoms with van der Waals surface area (Å²) >= 11 is 0. The van der Waals surface area contributed by atoms with Gasteiger partial charge in [-0.15, -0.1) is 0 Å². The van der Waals surface area contributed by atoms with Gasteiger partial charge in [0.25, 0.3) is 5.56 Å². The van der Waals surface area contributed by atoms with E-state index in [-0.39, 0.29) is 17.9 Å². The van der Waals surface area contributed by atoms with Crippen LogP contribution in [0, 0.1) is 0 Å². The van der Waals surface area contributed by atoms with Crippen LogP contribution < -0.4 is 10.9 Å². The smallest absolute Gasteiger partial charge is 0.271 e. The number of nitrogens with zero attached hydrogens (tertiary/aromatic N) is 1. The van der Waals surface area contributed by atoms with Crippen molar-refractivity contribution in [1.82, 2.24) is 9.97 Å². The molecule has 0 atom stereocenters. The van der Waals surface area contributed by atoms with E-state index >= 15 is 0 Å². The van der Waals surface area contributed by atoms with Crippen LogP contribution in [0.5, 0.6) is 0 Å². The minimum absolute atomic E-state index is 0.116. The fourth-order valence-electron chi connectivity index (χ4n) is 1.71. The second kappa shape index (κ2) is 5.92. The zero-order valence-corrected chi connectivity index (χ0v) is 10.8. The van der Waals surface area contributed by atoms with Gasteiger partial charge in [-0.1, -0.05) is 0 Å². The number of rotatable bonds is 4. The maximum Gasteiger partial charge on any atom is 0.271 e. The second-order valence-electron chi connectivity index (χ2n) is 4.29. The summed E-state index contributed by atoms with van der Waals surface area (Å²) in [6.07, 6.45) is 4.57. The Labute approximate surface area is 114 Å². The van der Waals surface area contributed by atoms with E-state index in [9.17, 15) is 14.4 Å². The number of H-pyrrole nitrogens is 1. The molecule has 2 heterocycles. The van der Waals surface area contributed by atoms with Gasteiger partial charge in [0.15, 0.2) is 0 Å². The summed E-state index contributed by atoms with van der Waals surface area (Å²) in [7, 11) is 0. The molecule has 0 radical (unpaired) electrons. The molecule has 0 fully saturated rings. The second-order valence-corrected chi connectivity index (χ2v) is 4.29. The molecule has 6 nitrogen and oxygen atoms in total. The van der Waals surface area contributed by atoms with Crippen molar-refractivity contribution in [3.05, 3.63) is 47.1 Å². The summed E-state index contributed by atoms with van der Waals surface area (Å²) in [5.41, 5.74) is 1.30. The van der Waals surface area contributed by atoms with Crippen molar-refractivity contribution in [2.24, 2.45) is 0 Å². The van der Waals surface area contributed by atoms with Crippen molar-refractivity contribution in [1.29, 1.82) is 0 Å². The fourth-order valence-corrected chi connectivity index (χ4v) is 1.71. The van der Waals surface area contributed by atoms with Crippen molar-refractivity contribution in [2.45, 2.75) is 13.3 Å². The lowest BCUT2D eigenvalue weighted by Gasteiger charge is -2.06. The summed E-state index contributed by atoms with van der Waals surface area (Å²) in [5, 5.41) is 2.43. The predicted octanol–water partition coefficient (Wildman–Crippen LogP) is 1.35. The minimum Gasteiger partial charge on any atom is -0.327 e. The zero-order chi connectivity index (χ0) is 14.5. The molecule has 0 unspecified atom stereocenters. The van der Waals surface area contributed by atoms with Crippen LogP contribution in [0.15, 0.2) is 41.6 Å². The van der Waals surface area contributed by atoms with Gasteiger partial charge in [-0.05, 0) is 30.7 Å². The monoisotopic (exact) mass is 271 g/mol. The average molecular weight is 271 g/mol. The Hall–Kier alpha value is -2.76. The van der Waals surface area contributed by atoms with Gasteiger partial charge >= 0.3 is 0 Å². The van der Waals surface area contributed by atoms with Crippen molar-refractivity contribution in [3.63, 3.8) is 0 Å². The highest BCUT2D eigenvalue weighted by Crippen LogP contribution is 2.18. The number of aromatic amines is 1. The molecule has 0 aliphatic carbocycles. The molecule has 0 aliphatic rings. The van der Waals surface area contributed by atoms with Crippen LogP contribution in [-0.2, 0) is 9.59 Å². The Morgan fingerprint density at radius 2 is 1.95 bits per heavy atom. The molecule has 20 heavy (non-hydrogen) atoms. The van der Waals surface area contributed by atoms with E-state index in [1.54, 1.807) is 36.8 Å². The Morgan fingerprint density at radius 3 is 2.60 bits per heavy atom. The highest BCUT2D eigenvalue weighted by Gasteiger charge is 2.09. The van der Waals surface area contributed by atoms with E-state index in [0.29, 0.717) is 0 Å². The zero-order valence-electron chi connectivity index (χ0n) is 10.8. The topological polar surface area (TPSA) is 91.9 Å². The largest absolute Gasteiger partial charge is 0.327 e. The van der Waals surface area contributed by atoms with E-state index in [2.05, 4.69) is 15.3 Å². The average Bonchev–Trinajstić information content (AvgIpc) is 2.41. The molecule has 0 saturated carbocycles. The van der Waals surface area contributed by atoms with Gasteiger partial charge in [-0.3, -0.25) is 19.4 Å². The Morgan fingerprint density at radius 1 is 1.25 bits per heavy atom. The molecule has 0 aromatic carbocycles. The molecular weight excluding hydrogens is 258 g/mol. The summed E-state index contributed by atoms with van der Waals surface area (Å²) in [4.78, 5) is 40.5. The number of hydrogen-bond acceptors (Lipinski definition) is 4. The van der Waals surface area contributed by atoms with Gasteiger partial charge in [-0.25, -0.2) is 0 Å². The molecular formula is C14H13N3O3. The third-order valence-electron chi connectivity index (χ3n) is 2.60. The lowest BCUT2D eigenvalue weighted by atomic mass is 10.1. The summed E-state index contributed by atoms with van der Waals surface area (Å²) in [5.74, 6) is -0.765. The summed E-state index contributed by atoms with van der Waals surface area (Å²) in [6.45, 7) is 1.32. The molecule has 2 N–H and O–H groups in total. The van der Waals surface area contributed by atoms with E-state index < -0.39 is 11.5 Å². The van der Waals surface area contributed by atoms with Crippen LogP contribution in [0.2, 0.25) is 0 Å². The molecule has 0 spiro atoms. The van der Waals surface area contributed by atoms with Crippen molar-refractivity contribution in [3.8, 4) is 11.1 Å². The number of amides is 1. The summed E-state index contributed by atoms with van der Waals surface area (Å²) < 4.78 is 0. The van der Waals surface area contributed by atoms with Gasteiger partial charge in [0.2, 0.25) is 5.91 Å². The number of anilines is 1. The first-order chi connectivity index (χ1) is 9.56. The first-order valence-corrected chi connectivity index (χ1v) is 5.98. The van der Waals surface area contributed by atoms with E-state index in [1.807, 2.05) is 0 Å². The maximum atomic E-state index is 11.7. The van der Waals surface area contributed by atoms with Gasteiger partial charge in [0.05, 0.1) is 6.42 Å². The normalized spacial score (nSPS) is 10.1. The molecule has 0 bridgehead atoms. The number of nitrogens with one attached hydrogen (secondary N) is 2. The maximum absolute atomic E-state index is 11.7. The van der Waals surface area contributed by atoms with Crippen LogP contribution in [0.1, 0.15) is 13.3 Å². The first-order valence-electron chi connectivity index (χ1n) is 5.98. The van der Waals surface area contributed by atoms with Crippen molar-refractivity contribution < 1.29 is 9.59 Å². The van der Waals surface area contributed by atoms with Crippen molar-refractivity contribution >= 4 is 17.4 Å². The van der Waals surface area contributed by atoms with E-state index in [1.165, 1.54) is 6.92 Å². The molecule has 1 amide bonds. The number of Topliss-reactive ketones (excluding diaryl/α,β-unsaturated/α-hetero) is 1. The highest BCUT2D eigenvalue weighted by atomic mass is 16.2. The molecule has 6 heteroatoms. The number of hydrogen-bond donors (Lipinski definition) is 2. The first kappa shape index (κ1) is 13.7. The minimum atomic E-state index is -0.505. The van der Waals surface area contributed by atoms with Crippen LogP contribution in [0.25, 0.3) is 11.1 Å². The Bertz CT molecular complexity index is 692. The van der Waals surface area contributed by atoms with Crippen LogP contribution >= 0.6 is 0 Å². The van der Waals surface area contributed by atoms with Gasteiger partial charge < -0.3 is 10.3 Å². The van der Waals surface area contributed by atoms with Crippen LogP contribution in [-0.4, -0.2) is 21.7 Å². The van der Waals surface area contributed by atoms with Crippen LogP contribution in [0.3, 0.4) is 0 Å². The molecule has 2 aromatic heterocycles. The van der Waals surface area contributed by atoms with Gasteiger partial charge in [-0.2, -0.15) is 0 Å². The molecule has 2 rings (SSSR count). The number of aromatic nitrogens is 2. The Balaban J connectivity index is 2.28. The number of pyridine rings is 2. The lowest BCUT2D eigenvalue weighted by molar-refractivity contribution is -0.124. The number of ketones is 1. The molecule has 0 saturated heterocycles. The molecule has 2 aromatic rings. The van der Waals surface area contributed by atoms with E-state index in [0.717, 1.165) is 11.1 Å². The molecule has 0 aliphatic heterocycles.